The number of hydrogen-bond donors (Lipinski definition) is 0. The molecule has 0 amide bonds. The third kappa shape index (κ3) is 1.03. The second-order valence-electron chi connectivity index (χ2n) is 2.24. The summed E-state index contributed by atoms with van der Waals surface area (Å²) in [5.74, 6) is 0. The molecule has 2 aromatic rings. The Morgan fingerprint density at radius 3 is 3.08 bits per heavy atom. The molecule has 0 fully saturated rings. The molecule has 0 aromatic carbocycles. The van der Waals surface area contributed by atoms with Gasteiger partial charge >= 0.3 is 0 Å². The van der Waals surface area contributed by atoms with Crippen molar-refractivity contribution in [3.63, 3.8) is 0 Å². The third-order valence-corrected chi connectivity index (χ3v) is 1.48. The van der Waals surface area contributed by atoms with E-state index in [9.17, 15) is 5.21 Å². The Balaban J connectivity index is 2.55. The highest BCUT2D eigenvalue weighted by Gasteiger charge is 2.09. The summed E-state index contributed by atoms with van der Waals surface area (Å²) in [4.78, 5) is 3.73. The van der Waals surface area contributed by atoms with E-state index in [1.165, 1.54) is 12.5 Å². The van der Waals surface area contributed by atoms with Gasteiger partial charge in [0.05, 0.1) is 0 Å². The molecule has 4 nitrogen and oxygen atoms in total. The third-order valence-electron chi connectivity index (χ3n) is 1.48. The fourth-order valence-corrected chi connectivity index (χ4v) is 0.928. The van der Waals surface area contributed by atoms with E-state index in [4.69, 9.17) is 0 Å². The number of rotatable bonds is 1. The molecule has 0 saturated heterocycles. The maximum atomic E-state index is 11.1. The fourth-order valence-electron chi connectivity index (χ4n) is 0.928. The maximum absolute atomic E-state index is 11.1. The van der Waals surface area contributed by atoms with Crippen LogP contribution in [0, 0.1) is 11.6 Å². The molecule has 0 spiro atoms. The van der Waals surface area contributed by atoms with Crippen LogP contribution in [-0.4, -0.2) is 4.98 Å². The molecule has 0 aliphatic carbocycles. The first-order chi connectivity index (χ1) is 5.88. The number of oxazole rings is 1. The topological polar surface area (TPSA) is 53.0 Å². The van der Waals surface area contributed by atoms with Gasteiger partial charge in [-0.05, 0) is 6.07 Å². The first-order valence-electron chi connectivity index (χ1n) is 3.38. The van der Waals surface area contributed by atoms with E-state index in [1.54, 1.807) is 18.2 Å². The maximum Gasteiger partial charge on any atom is 0.284 e. The van der Waals surface area contributed by atoms with Crippen LogP contribution in [0.3, 0.4) is 0 Å². The van der Waals surface area contributed by atoms with Gasteiger partial charge in [-0.3, -0.25) is 0 Å². The molecule has 0 bridgehead atoms. The van der Waals surface area contributed by atoms with Gasteiger partial charge in [-0.25, -0.2) is 0 Å². The largest absolute Gasteiger partial charge is 0.618 e. The summed E-state index contributed by atoms with van der Waals surface area (Å²) < 4.78 is 5.36. The van der Waals surface area contributed by atoms with E-state index in [0.29, 0.717) is 11.4 Å². The normalized spacial score (nSPS) is 10.0. The molecule has 0 saturated carbocycles. The Labute approximate surface area is 68.7 Å². The van der Waals surface area contributed by atoms with E-state index < -0.39 is 0 Å². The van der Waals surface area contributed by atoms with Crippen molar-refractivity contribution in [1.29, 1.82) is 0 Å². The van der Waals surface area contributed by atoms with E-state index in [1.807, 2.05) is 0 Å². The van der Waals surface area contributed by atoms with Gasteiger partial charge in [-0.15, -0.1) is 0 Å². The number of aromatic nitrogens is 2. The minimum absolute atomic E-state index is 0.461. The zero-order valence-corrected chi connectivity index (χ0v) is 6.10. The highest BCUT2D eigenvalue weighted by Crippen LogP contribution is 2.09. The van der Waals surface area contributed by atoms with Crippen molar-refractivity contribution in [3.8, 4) is 11.4 Å². The smallest absolute Gasteiger partial charge is 0.284 e. The predicted octanol–water partition coefficient (Wildman–Crippen LogP) is 0.775. The van der Waals surface area contributed by atoms with Crippen molar-refractivity contribution >= 4 is 0 Å². The van der Waals surface area contributed by atoms with Gasteiger partial charge in [-0.2, -0.15) is 9.71 Å². The van der Waals surface area contributed by atoms with E-state index >= 15 is 0 Å². The van der Waals surface area contributed by atoms with Gasteiger partial charge < -0.3 is 9.62 Å². The van der Waals surface area contributed by atoms with Crippen LogP contribution in [0.15, 0.2) is 35.1 Å². The molecule has 2 rings (SSSR count). The Hall–Kier alpha value is -1.84. The average molecular weight is 161 g/mol. The zero-order valence-electron chi connectivity index (χ0n) is 6.10. The van der Waals surface area contributed by atoms with E-state index in [0.717, 1.165) is 4.73 Å². The van der Waals surface area contributed by atoms with Crippen LogP contribution in [0.4, 0.5) is 0 Å². The molecule has 4 heteroatoms. The van der Waals surface area contributed by atoms with Crippen LogP contribution in [0.2, 0.25) is 0 Å². The Bertz CT molecular complexity index is 370. The molecule has 2 heterocycles. The molecule has 12 heavy (non-hydrogen) atoms. The summed E-state index contributed by atoms with van der Waals surface area (Å²) >= 11 is 0. The first kappa shape index (κ1) is 6.84. The SMILES string of the molecule is [O-][n+]1ccccc1-c1co[c]n1. The highest BCUT2D eigenvalue weighted by atomic mass is 16.5. The van der Waals surface area contributed by atoms with E-state index in [-0.39, 0.29) is 0 Å². The van der Waals surface area contributed by atoms with Crippen LogP contribution in [0.5, 0.6) is 0 Å². The van der Waals surface area contributed by atoms with Crippen molar-refractivity contribution in [2.24, 2.45) is 0 Å². The lowest BCUT2D eigenvalue weighted by Gasteiger charge is -1.98. The summed E-state index contributed by atoms with van der Waals surface area (Å²) in [6.07, 6.45) is 5.06. The monoisotopic (exact) mass is 161 g/mol. The lowest BCUT2D eigenvalue weighted by Crippen LogP contribution is -2.27. The molecule has 0 aliphatic rings. The Morgan fingerprint density at radius 2 is 2.42 bits per heavy atom. The quantitative estimate of drug-likeness (QED) is 0.458. The second-order valence-corrected chi connectivity index (χ2v) is 2.24. The second kappa shape index (κ2) is 2.65. The van der Waals surface area contributed by atoms with Gasteiger partial charge in [0.1, 0.15) is 6.26 Å². The van der Waals surface area contributed by atoms with Gasteiger partial charge in [0.2, 0.25) is 5.69 Å². The fraction of sp³-hybridized carbons (Fsp3) is 0. The van der Waals surface area contributed by atoms with Crippen molar-refractivity contribution in [2.45, 2.75) is 0 Å². The van der Waals surface area contributed by atoms with Gasteiger partial charge in [0.25, 0.3) is 6.39 Å². The Morgan fingerprint density at radius 1 is 1.50 bits per heavy atom. The molecule has 0 aliphatic heterocycles. The van der Waals surface area contributed by atoms with Crippen molar-refractivity contribution in [3.05, 3.63) is 42.3 Å². The summed E-state index contributed by atoms with van der Waals surface area (Å²) in [6.45, 7) is 0. The van der Waals surface area contributed by atoms with Crippen LogP contribution in [-0.2, 0) is 0 Å². The molecule has 2 aromatic heterocycles. The van der Waals surface area contributed by atoms with Crippen LogP contribution < -0.4 is 4.73 Å². The number of hydrogen-bond acceptors (Lipinski definition) is 3. The zero-order chi connectivity index (χ0) is 8.39. The number of nitrogens with zero attached hydrogens (tertiary/aromatic N) is 2. The molecule has 59 valence electrons. The lowest BCUT2D eigenvalue weighted by atomic mass is 10.3. The molecule has 0 N–H and O–H groups in total. The van der Waals surface area contributed by atoms with Gasteiger partial charge in [0.15, 0.2) is 11.9 Å². The van der Waals surface area contributed by atoms with E-state index in [2.05, 4.69) is 15.8 Å². The lowest BCUT2D eigenvalue weighted by molar-refractivity contribution is -0.593. The van der Waals surface area contributed by atoms with Crippen molar-refractivity contribution in [1.82, 2.24) is 4.98 Å². The molecule has 0 atom stereocenters. The first-order valence-corrected chi connectivity index (χ1v) is 3.38. The molecular formula is C8H5N2O2. The standard InChI is InChI=1S/C8H5N2O2/c11-10-4-2-1-3-8(10)7-5-12-6-9-7/h1-5H. The molecular weight excluding hydrogens is 156 g/mol. The Kier molecular flexibility index (Phi) is 1.51. The molecule has 0 unspecified atom stereocenters. The average Bonchev–Trinajstić information content (AvgIpc) is 2.57. The summed E-state index contributed by atoms with van der Waals surface area (Å²) in [6, 6.07) is 5.08. The van der Waals surface area contributed by atoms with Crippen LogP contribution >= 0.6 is 0 Å². The number of pyridine rings is 1. The predicted molar refractivity (Wildman–Crippen MR) is 39.7 cm³/mol. The minimum atomic E-state index is 0.461. The minimum Gasteiger partial charge on any atom is -0.618 e. The van der Waals surface area contributed by atoms with Gasteiger partial charge in [0, 0.05) is 12.1 Å². The van der Waals surface area contributed by atoms with Crippen molar-refractivity contribution < 1.29 is 9.15 Å². The molecule has 1 radical (unpaired) electrons. The van der Waals surface area contributed by atoms with Crippen molar-refractivity contribution in [2.75, 3.05) is 0 Å². The van der Waals surface area contributed by atoms with Gasteiger partial charge in [-0.1, -0.05) is 0 Å². The summed E-state index contributed by atoms with van der Waals surface area (Å²) in [7, 11) is 0. The summed E-state index contributed by atoms with van der Waals surface area (Å²) in [5, 5.41) is 11.1. The summed E-state index contributed by atoms with van der Waals surface area (Å²) in [5.41, 5.74) is 0.952. The van der Waals surface area contributed by atoms with Crippen LogP contribution in [0.1, 0.15) is 0 Å². The van der Waals surface area contributed by atoms with Crippen LogP contribution in [0.25, 0.3) is 11.4 Å². The highest BCUT2D eigenvalue weighted by molar-refractivity contribution is 5.47.